The molecule has 1 aromatic carbocycles. The van der Waals surface area contributed by atoms with E-state index in [0.717, 1.165) is 10.8 Å². The quantitative estimate of drug-likeness (QED) is 0.630. The topological polar surface area (TPSA) is 77.7 Å². The average Bonchev–Trinajstić information content (AvgIpc) is 3.37. The van der Waals surface area contributed by atoms with Gasteiger partial charge in [-0.2, -0.15) is 0 Å². The van der Waals surface area contributed by atoms with Crippen LogP contribution < -0.4 is 9.47 Å². The van der Waals surface area contributed by atoms with E-state index in [2.05, 4.69) is 9.97 Å². The molecular weight excluding hydrogens is 354 g/mol. The highest BCUT2D eigenvalue weighted by atomic mass is 32.1. The van der Waals surface area contributed by atoms with Gasteiger partial charge in [-0.1, -0.05) is 0 Å². The second kappa shape index (κ2) is 8.01. The van der Waals surface area contributed by atoms with Crippen molar-refractivity contribution in [2.75, 3.05) is 14.2 Å². The third kappa shape index (κ3) is 4.02. The molecule has 136 valence electrons. The molecule has 0 aliphatic rings. The summed E-state index contributed by atoms with van der Waals surface area (Å²) in [5, 5.41) is 2.75. The summed E-state index contributed by atoms with van der Waals surface area (Å²) in [5.41, 5.74) is 0.240. The van der Waals surface area contributed by atoms with Gasteiger partial charge in [-0.05, 0) is 31.2 Å². The van der Waals surface area contributed by atoms with Crippen molar-refractivity contribution in [2.45, 2.75) is 19.6 Å². The SMILES string of the molecule is COc1ccc(OCc2nc(C(=O)N(C)[C@H](C)c3nccs3)co2)cc1. The maximum Gasteiger partial charge on any atom is 0.276 e. The van der Waals surface area contributed by atoms with Crippen molar-refractivity contribution < 1.29 is 18.7 Å². The zero-order chi connectivity index (χ0) is 18.5. The zero-order valence-electron chi connectivity index (χ0n) is 14.7. The number of oxazole rings is 1. The first kappa shape index (κ1) is 17.9. The monoisotopic (exact) mass is 373 g/mol. The van der Waals surface area contributed by atoms with Crippen molar-refractivity contribution in [1.82, 2.24) is 14.9 Å². The molecule has 1 amide bonds. The lowest BCUT2D eigenvalue weighted by atomic mass is 10.3. The van der Waals surface area contributed by atoms with Crippen LogP contribution in [0.25, 0.3) is 0 Å². The third-order valence-electron chi connectivity index (χ3n) is 3.90. The van der Waals surface area contributed by atoms with Gasteiger partial charge >= 0.3 is 0 Å². The van der Waals surface area contributed by atoms with Crippen LogP contribution in [0.1, 0.15) is 34.4 Å². The first-order valence-electron chi connectivity index (χ1n) is 7.96. The molecule has 7 nitrogen and oxygen atoms in total. The number of rotatable bonds is 7. The van der Waals surface area contributed by atoms with Gasteiger partial charge in [0.05, 0.1) is 13.2 Å². The minimum absolute atomic E-state index is 0.130. The molecule has 2 heterocycles. The van der Waals surface area contributed by atoms with Gasteiger partial charge in [-0.3, -0.25) is 4.79 Å². The van der Waals surface area contributed by atoms with Gasteiger partial charge in [0, 0.05) is 18.6 Å². The molecule has 0 radical (unpaired) electrons. The Morgan fingerprint density at radius 1 is 1.31 bits per heavy atom. The van der Waals surface area contributed by atoms with Crippen molar-refractivity contribution in [3.8, 4) is 11.5 Å². The number of ether oxygens (including phenoxy) is 2. The van der Waals surface area contributed by atoms with E-state index in [9.17, 15) is 4.79 Å². The molecule has 3 aromatic rings. The van der Waals surface area contributed by atoms with E-state index in [0.29, 0.717) is 11.6 Å². The van der Waals surface area contributed by atoms with Crippen LogP contribution in [-0.2, 0) is 6.61 Å². The molecule has 0 spiro atoms. The van der Waals surface area contributed by atoms with Gasteiger partial charge in [0.2, 0.25) is 5.89 Å². The summed E-state index contributed by atoms with van der Waals surface area (Å²) < 4.78 is 16.1. The number of nitrogens with zero attached hydrogens (tertiary/aromatic N) is 3. The number of benzene rings is 1. The van der Waals surface area contributed by atoms with Crippen LogP contribution in [0, 0.1) is 0 Å². The molecule has 0 unspecified atom stereocenters. The van der Waals surface area contributed by atoms with Crippen LogP contribution in [0.15, 0.2) is 46.5 Å². The van der Waals surface area contributed by atoms with Crippen LogP contribution in [-0.4, -0.2) is 34.9 Å². The number of carbonyl (C=O) groups is 1. The molecule has 8 heteroatoms. The molecule has 26 heavy (non-hydrogen) atoms. The Balaban J connectivity index is 1.60. The summed E-state index contributed by atoms with van der Waals surface area (Å²) in [5.74, 6) is 1.51. The Hall–Kier alpha value is -2.87. The Kier molecular flexibility index (Phi) is 5.52. The van der Waals surface area contributed by atoms with Crippen LogP contribution >= 0.6 is 11.3 Å². The van der Waals surface area contributed by atoms with E-state index in [1.807, 2.05) is 12.3 Å². The van der Waals surface area contributed by atoms with Gasteiger partial charge in [-0.15, -0.1) is 11.3 Å². The molecule has 0 N–H and O–H groups in total. The fourth-order valence-corrected chi connectivity index (χ4v) is 2.99. The number of hydrogen-bond acceptors (Lipinski definition) is 7. The van der Waals surface area contributed by atoms with E-state index < -0.39 is 0 Å². The number of aromatic nitrogens is 2. The normalized spacial score (nSPS) is 11.8. The summed E-state index contributed by atoms with van der Waals surface area (Å²) in [6.07, 6.45) is 3.07. The second-order valence-corrected chi connectivity index (χ2v) is 6.48. The van der Waals surface area contributed by atoms with E-state index in [1.165, 1.54) is 17.6 Å². The molecule has 0 saturated heterocycles. The predicted octanol–water partition coefficient (Wildman–Crippen LogP) is 3.55. The maximum absolute atomic E-state index is 12.6. The third-order valence-corrected chi connectivity index (χ3v) is 4.85. The Bertz CT molecular complexity index is 846. The zero-order valence-corrected chi connectivity index (χ0v) is 15.5. The molecule has 0 aliphatic heterocycles. The van der Waals surface area contributed by atoms with Gasteiger partial charge in [0.1, 0.15) is 22.8 Å². The number of amides is 1. The van der Waals surface area contributed by atoms with Crippen molar-refractivity contribution in [3.63, 3.8) is 0 Å². The number of hydrogen-bond donors (Lipinski definition) is 0. The highest BCUT2D eigenvalue weighted by molar-refractivity contribution is 7.09. The fraction of sp³-hybridized carbons (Fsp3) is 0.278. The van der Waals surface area contributed by atoms with E-state index in [4.69, 9.17) is 13.9 Å². The summed E-state index contributed by atoms with van der Waals surface area (Å²) in [4.78, 5) is 22.6. The summed E-state index contributed by atoms with van der Waals surface area (Å²) in [6, 6.07) is 7.04. The molecule has 2 aromatic heterocycles. The lowest BCUT2D eigenvalue weighted by Crippen LogP contribution is -2.29. The summed E-state index contributed by atoms with van der Waals surface area (Å²) in [7, 11) is 3.32. The van der Waals surface area contributed by atoms with E-state index in [-0.39, 0.29) is 24.2 Å². The predicted molar refractivity (Wildman–Crippen MR) is 96.5 cm³/mol. The molecule has 0 aliphatic carbocycles. The van der Waals surface area contributed by atoms with E-state index in [1.54, 1.807) is 49.5 Å². The van der Waals surface area contributed by atoms with Crippen molar-refractivity contribution >= 4 is 17.2 Å². The van der Waals surface area contributed by atoms with Crippen molar-refractivity contribution in [1.29, 1.82) is 0 Å². The van der Waals surface area contributed by atoms with Crippen LogP contribution in [0.5, 0.6) is 11.5 Å². The van der Waals surface area contributed by atoms with Gasteiger partial charge in [0.25, 0.3) is 5.91 Å². The molecule has 1 atom stereocenters. The lowest BCUT2D eigenvalue weighted by Gasteiger charge is -2.21. The molecule has 0 saturated carbocycles. The van der Waals surface area contributed by atoms with Crippen LogP contribution in [0.4, 0.5) is 0 Å². The first-order valence-corrected chi connectivity index (χ1v) is 8.84. The smallest absolute Gasteiger partial charge is 0.276 e. The minimum Gasteiger partial charge on any atom is -0.497 e. The average molecular weight is 373 g/mol. The van der Waals surface area contributed by atoms with E-state index >= 15 is 0 Å². The molecular formula is C18H19N3O4S. The van der Waals surface area contributed by atoms with Crippen LogP contribution in [0.2, 0.25) is 0 Å². The lowest BCUT2D eigenvalue weighted by molar-refractivity contribution is 0.0736. The maximum atomic E-state index is 12.6. The van der Waals surface area contributed by atoms with Crippen LogP contribution in [0.3, 0.4) is 0 Å². The minimum atomic E-state index is -0.229. The van der Waals surface area contributed by atoms with Gasteiger partial charge < -0.3 is 18.8 Å². The van der Waals surface area contributed by atoms with Crippen molar-refractivity contribution in [2.24, 2.45) is 0 Å². The highest BCUT2D eigenvalue weighted by Crippen LogP contribution is 2.22. The number of thiazole rings is 1. The highest BCUT2D eigenvalue weighted by Gasteiger charge is 2.23. The Morgan fingerprint density at radius 2 is 2.04 bits per heavy atom. The summed E-state index contributed by atoms with van der Waals surface area (Å²) >= 11 is 1.51. The Morgan fingerprint density at radius 3 is 2.69 bits per heavy atom. The largest absolute Gasteiger partial charge is 0.497 e. The molecule has 0 bridgehead atoms. The summed E-state index contributed by atoms with van der Waals surface area (Å²) in [6.45, 7) is 2.05. The number of carbonyl (C=O) groups excluding carboxylic acids is 1. The van der Waals surface area contributed by atoms with Crippen molar-refractivity contribution in [3.05, 3.63) is 58.7 Å². The number of methoxy groups -OCH3 is 1. The second-order valence-electron chi connectivity index (χ2n) is 5.55. The Labute approximate surface area is 155 Å². The van der Waals surface area contributed by atoms with Gasteiger partial charge in [-0.25, -0.2) is 9.97 Å². The standard InChI is InChI=1S/C18H19N3O4S/c1-12(17-19-8-9-26-17)21(2)18(22)15-10-25-16(20-15)11-24-14-6-4-13(23-3)5-7-14/h4-10,12H,11H2,1-3H3/t12-/m1/s1. The van der Waals surface area contributed by atoms with Gasteiger partial charge in [0.15, 0.2) is 12.3 Å². The molecule has 0 fully saturated rings. The first-order chi connectivity index (χ1) is 12.6. The fourth-order valence-electron chi connectivity index (χ4n) is 2.26. The molecule has 3 rings (SSSR count).